The van der Waals surface area contributed by atoms with Gasteiger partial charge >= 0.3 is 12.1 Å². The normalized spacial score (nSPS) is 12.9. The van der Waals surface area contributed by atoms with E-state index in [1.165, 1.54) is 12.1 Å². The number of alkyl halides is 3. The van der Waals surface area contributed by atoms with Crippen molar-refractivity contribution in [2.75, 3.05) is 5.32 Å². The zero-order chi connectivity index (χ0) is 18.9. The van der Waals surface area contributed by atoms with Crippen molar-refractivity contribution in [1.29, 1.82) is 0 Å². The number of phenols is 1. The zero-order valence-corrected chi connectivity index (χ0v) is 13.1. The zero-order valence-electron chi connectivity index (χ0n) is 13.1. The Balaban J connectivity index is 1.82. The lowest BCUT2D eigenvalue weighted by Gasteiger charge is -2.12. The predicted octanol–water partition coefficient (Wildman–Crippen LogP) is 3.66. The van der Waals surface area contributed by atoms with Gasteiger partial charge in [0.25, 0.3) is 6.01 Å². The van der Waals surface area contributed by atoms with Gasteiger partial charge in [-0.25, -0.2) is 4.79 Å². The third-order valence-electron chi connectivity index (χ3n) is 3.69. The molecule has 1 heterocycles. The van der Waals surface area contributed by atoms with Gasteiger partial charge in [0.2, 0.25) is 0 Å². The van der Waals surface area contributed by atoms with Crippen LogP contribution in [-0.2, 0) is 17.4 Å². The number of carbonyl (C=O) groups is 1. The highest BCUT2D eigenvalue weighted by molar-refractivity contribution is 5.79. The van der Waals surface area contributed by atoms with Gasteiger partial charge in [-0.2, -0.15) is 18.2 Å². The molecule has 0 spiro atoms. The fourth-order valence-corrected chi connectivity index (χ4v) is 2.38. The summed E-state index contributed by atoms with van der Waals surface area (Å²) >= 11 is 0. The Morgan fingerprint density at radius 1 is 1.19 bits per heavy atom. The Morgan fingerprint density at radius 2 is 1.88 bits per heavy atom. The van der Waals surface area contributed by atoms with Crippen molar-refractivity contribution in [2.24, 2.45) is 0 Å². The average Bonchev–Trinajstić information content (AvgIpc) is 2.96. The molecule has 1 aromatic heterocycles. The molecule has 3 aromatic rings. The summed E-state index contributed by atoms with van der Waals surface area (Å²) in [5.74, 6) is -1.13. The van der Waals surface area contributed by atoms with Crippen LogP contribution in [-0.4, -0.2) is 27.2 Å². The fraction of sp³-hybridized carbons (Fsp3) is 0.176. The van der Waals surface area contributed by atoms with E-state index in [2.05, 4.69) is 10.3 Å². The van der Waals surface area contributed by atoms with E-state index in [0.29, 0.717) is 5.56 Å². The molecule has 2 aromatic carbocycles. The van der Waals surface area contributed by atoms with E-state index in [4.69, 9.17) is 4.42 Å². The van der Waals surface area contributed by atoms with Gasteiger partial charge in [-0.05, 0) is 35.9 Å². The number of phenolic OH excluding ortho intramolecular Hbond substituents is 1. The number of benzene rings is 2. The van der Waals surface area contributed by atoms with Gasteiger partial charge in [-0.3, -0.25) is 0 Å². The summed E-state index contributed by atoms with van der Waals surface area (Å²) < 4.78 is 43.5. The van der Waals surface area contributed by atoms with E-state index >= 15 is 0 Å². The van der Waals surface area contributed by atoms with Crippen molar-refractivity contribution in [3.8, 4) is 5.75 Å². The predicted molar refractivity (Wildman–Crippen MR) is 85.9 cm³/mol. The number of nitrogens with zero attached hydrogens (tertiary/aromatic N) is 1. The number of rotatable bonds is 5. The molecule has 0 amide bonds. The summed E-state index contributed by atoms with van der Waals surface area (Å²) in [6.45, 7) is 0. The van der Waals surface area contributed by atoms with E-state index in [1.54, 1.807) is 12.1 Å². The largest absolute Gasteiger partial charge is 0.508 e. The first-order chi connectivity index (χ1) is 12.2. The van der Waals surface area contributed by atoms with Crippen molar-refractivity contribution in [3.05, 3.63) is 53.6 Å². The number of aliphatic carboxylic acids is 1. The van der Waals surface area contributed by atoms with Crippen LogP contribution in [0.15, 0.2) is 46.9 Å². The molecule has 0 aliphatic heterocycles. The molecule has 1 unspecified atom stereocenters. The van der Waals surface area contributed by atoms with Crippen LogP contribution < -0.4 is 5.32 Å². The summed E-state index contributed by atoms with van der Waals surface area (Å²) in [4.78, 5) is 15.3. The van der Waals surface area contributed by atoms with Gasteiger partial charge in [0.05, 0.1) is 5.56 Å². The number of carboxylic acids is 1. The number of aromatic hydroxyl groups is 1. The third-order valence-corrected chi connectivity index (χ3v) is 3.69. The fourth-order valence-electron chi connectivity index (χ4n) is 2.38. The van der Waals surface area contributed by atoms with Crippen LogP contribution in [0.2, 0.25) is 0 Å². The molecule has 1 atom stereocenters. The van der Waals surface area contributed by atoms with Crippen LogP contribution in [0.3, 0.4) is 0 Å². The molecule has 0 fully saturated rings. The van der Waals surface area contributed by atoms with E-state index in [1.807, 2.05) is 0 Å². The summed E-state index contributed by atoms with van der Waals surface area (Å²) in [6.07, 6.45) is -4.45. The highest BCUT2D eigenvalue weighted by atomic mass is 19.4. The van der Waals surface area contributed by atoms with Crippen molar-refractivity contribution in [2.45, 2.75) is 18.6 Å². The van der Waals surface area contributed by atoms with Gasteiger partial charge in [0.15, 0.2) is 5.58 Å². The van der Waals surface area contributed by atoms with E-state index < -0.39 is 23.8 Å². The molecular weight excluding hydrogens is 353 g/mol. The molecule has 3 rings (SSSR count). The van der Waals surface area contributed by atoms with Crippen LogP contribution in [0.5, 0.6) is 5.75 Å². The maximum atomic E-state index is 12.7. The minimum atomic E-state index is -4.51. The monoisotopic (exact) mass is 366 g/mol. The molecule has 0 aliphatic carbocycles. The molecule has 136 valence electrons. The molecule has 6 nitrogen and oxygen atoms in total. The second-order valence-corrected chi connectivity index (χ2v) is 5.61. The van der Waals surface area contributed by atoms with Crippen molar-refractivity contribution >= 4 is 23.1 Å². The van der Waals surface area contributed by atoms with Crippen molar-refractivity contribution in [3.63, 3.8) is 0 Å². The molecule has 0 bridgehead atoms. The highest BCUT2D eigenvalue weighted by Gasteiger charge is 2.31. The highest BCUT2D eigenvalue weighted by Crippen LogP contribution is 2.32. The van der Waals surface area contributed by atoms with E-state index in [0.717, 1.165) is 18.2 Å². The Morgan fingerprint density at radius 3 is 2.50 bits per heavy atom. The topological polar surface area (TPSA) is 95.6 Å². The van der Waals surface area contributed by atoms with Gasteiger partial charge in [-0.15, -0.1) is 0 Å². The van der Waals surface area contributed by atoms with Crippen LogP contribution in [0, 0.1) is 0 Å². The molecule has 0 radical (unpaired) electrons. The maximum absolute atomic E-state index is 12.7. The second-order valence-electron chi connectivity index (χ2n) is 5.61. The third kappa shape index (κ3) is 3.88. The van der Waals surface area contributed by atoms with Gasteiger partial charge in [0, 0.05) is 6.42 Å². The van der Waals surface area contributed by atoms with Crippen molar-refractivity contribution in [1.82, 2.24) is 4.98 Å². The minimum Gasteiger partial charge on any atom is -0.508 e. The van der Waals surface area contributed by atoms with E-state index in [-0.39, 0.29) is 29.3 Å². The lowest BCUT2D eigenvalue weighted by molar-refractivity contribution is -0.138. The number of nitrogens with one attached hydrogen (secondary N) is 1. The number of fused-ring (bicyclic) bond motifs is 1. The van der Waals surface area contributed by atoms with Crippen LogP contribution in [0.1, 0.15) is 11.1 Å². The Bertz CT molecular complexity index is 935. The van der Waals surface area contributed by atoms with Gasteiger partial charge < -0.3 is 19.9 Å². The molecule has 0 aliphatic rings. The van der Waals surface area contributed by atoms with E-state index in [9.17, 15) is 28.2 Å². The standard InChI is InChI=1S/C17H13F3N2O4/c18-17(19,20)10-3-6-14-12(8-10)21-16(26-14)22-13(15(24)25)7-9-1-4-11(23)5-2-9/h1-6,8,13,23H,7H2,(H,21,22)(H,24,25). The Kier molecular flexibility index (Phi) is 4.45. The SMILES string of the molecule is O=C(O)C(Cc1ccc(O)cc1)Nc1nc2cc(C(F)(F)F)ccc2o1. The quantitative estimate of drug-likeness (QED) is 0.638. The lowest BCUT2D eigenvalue weighted by atomic mass is 10.1. The molecular formula is C17H13F3N2O4. The summed E-state index contributed by atoms with van der Waals surface area (Å²) in [6, 6.07) is 7.50. The maximum Gasteiger partial charge on any atom is 0.416 e. The summed E-state index contributed by atoms with van der Waals surface area (Å²) in [5, 5.41) is 21.2. The van der Waals surface area contributed by atoms with Gasteiger partial charge in [0.1, 0.15) is 17.3 Å². The minimum absolute atomic E-state index is 0.0314. The number of carboxylic acid groups (broad SMARTS) is 1. The Hall–Kier alpha value is -3.23. The molecule has 9 heteroatoms. The van der Waals surface area contributed by atoms with Crippen LogP contribution in [0.4, 0.5) is 19.2 Å². The van der Waals surface area contributed by atoms with Gasteiger partial charge in [-0.1, -0.05) is 12.1 Å². The first kappa shape index (κ1) is 17.6. The number of oxazole rings is 1. The molecule has 3 N–H and O–H groups in total. The second kappa shape index (κ2) is 6.58. The average molecular weight is 366 g/mol. The first-order valence-corrected chi connectivity index (χ1v) is 7.47. The summed E-state index contributed by atoms with van der Waals surface area (Å²) in [5.41, 5.74) is -0.160. The number of halogens is 3. The summed E-state index contributed by atoms with van der Waals surface area (Å²) in [7, 11) is 0. The number of aromatic nitrogens is 1. The molecule has 0 saturated heterocycles. The number of anilines is 1. The van der Waals surface area contributed by atoms with Crippen molar-refractivity contribution < 1.29 is 32.6 Å². The smallest absolute Gasteiger partial charge is 0.416 e. The Labute approximate surface area is 144 Å². The lowest BCUT2D eigenvalue weighted by Crippen LogP contribution is -2.31. The number of hydrogen-bond acceptors (Lipinski definition) is 5. The molecule has 0 saturated carbocycles. The number of hydrogen-bond donors (Lipinski definition) is 3. The van der Waals surface area contributed by atoms with Crippen LogP contribution in [0.25, 0.3) is 11.1 Å². The molecule has 26 heavy (non-hydrogen) atoms. The van der Waals surface area contributed by atoms with Crippen LogP contribution >= 0.6 is 0 Å². The first-order valence-electron chi connectivity index (χ1n) is 7.47.